The summed E-state index contributed by atoms with van der Waals surface area (Å²) >= 11 is 4.78. The number of hydrogen-bond acceptors (Lipinski definition) is 9. The minimum atomic E-state index is -0.321. The van der Waals surface area contributed by atoms with Gasteiger partial charge >= 0.3 is 18.0 Å². The Morgan fingerprint density at radius 1 is 1.17 bits per heavy atom. The van der Waals surface area contributed by atoms with Gasteiger partial charge in [-0.05, 0) is 28.1 Å². The molecule has 0 aliphatic carbocycles. The summed E-state index contributed by atoms with van der Waals surface area (Å²) in [6.45, 7) is 9.14. The number of hydrogen-bond donors (Lipinski definition) is 0. The van der Waals surface area contributed by atoms with Crippen molar-refractivity contribution in [1.82, 2.24) is 19.9 Å². The van der Waals surface area contributed by atoms with Crippen molar-refractivity contribution in [1.29, 1.82) is 0 Å². The van der Waals surface area contributed by atoms with Crippen molar-refractivity contribution in [3.8, 4) is 18.0 Å². The molecule has 0 aromatic carbocycles. The molecular weight excluding hydrogens is 476 g/mol. The maximum atomic E-state index is 12.7. The molecule has 0 N–H and O–H groups in total. The Bertz CT molecular complexity index is 863. The third-order valence-corrected chi connectivity index (χ3v) is 5.45. The van der Waals surface area contributed by atoms with E-state index in [1.807, 2.05) is 6.07 Å². The van der Waals surface area contributed by atoms with E-state index < -0.39 is 0 Å². The highest BCUT2D eigenvalue weighted by atomic mass is 79.9. The van der Waals surface area contributed by atoms with E-state index in [4.69, 9.17) is 18.9 Å². The van der Waals surface area contributed by atoms with Crippen molar-refractivity contribution < 1.29 is 23.7 Å². The lowest BCUT2D eigenvalue weighted by Crippen LogP contribution is -2.47. The van der Waals surface area contributed by atoms with Gasteiger partial charge in [-0.3, -0.25) is 4.79 Å². The second-order valence-corrected chi connectivity index (χ2v) is 8.50. The van der Waals surface area contributed by atoms with Crippen LogP contribution in [0.4, 0.5) is 0 Å². The fourth-order valence-electron chi connectivity index (χ4n) is 2.54. The van der Waals surface area contributed by atoms with Gasteiger partial charge < -0.3 is 23.8 Å². The highest BCUT2D eigenvalue weighted by Crippen LogP contribution is 2.24. The Hall–Kier alpha value is -2.50. The van der Waals surface area contributed by atoms with Gasteiger partial charge in [0.1, 0.15) is 25.9 Å². The molecule has 0 saturated carbocycles. The number of nitrogens with zero attached hydrogens (tertiary/aromatic N) is 4. The van der Waals surface area contributed by atoms with E-state index in [1.165, 1.54) is 11.3 Å². The number of halogens is 1. The Morgan fingerprint density at radius 2 is 1.80 bits per heavy atom. The maximum Gasteiger partial charge on any atom is 0.326 e. The van der Waals surface area contributed by atoms with Crippen molar-refractivity contribution in [2.45, 2.75) is 6.10 Å². The lowest BCUT2D eigenvalue weighted by molar-refractivity contribution is -0.0414. The lowest BCUT2D eigenvalue weighted by atomic mass is 10.2. The topological polar surface area (TPSA) is 95.9 Å². The Kier molecular flexibility index (Phi) is 8.17. The van der Waals surface area contributed by atoms with Crippen molar-refractivity contribution in [2.75, 3.05) is 39.5 Å². The third kappa shape index (κ3) is 6.25. The Balaban J connectivity index is 1.61. The SMILES string of the molecule is C=CCOc1nc(OCC=C)nc(OCC2CN(C(=O)c3ccc(Br)s3)CCO2)n1. The van der Waals surface area contributed by atoms with Crippen LogP contribution in [-0.4, -0.2) is 71.4 Å². The van der Waals surface area contributed by atoms with E-state index in [-0.39, 0.29) is 49.9 Å². The molecule has 11 heteroatoms. The number of aromatic nitrogens is 3. The van der Waals surface area contributed by atoms with Gasteiger partial charge in [-0.1, -0.05) is 25.3 Å². The largest absolute Gasteiger partial charge is 0.460 e. The van der Waals surface area contributed by atoms with E-state index in [9.17, 15) is 4.79 Å². The van der Waals surface area contributed by atoms with Crippen LogP contribution in [0.5, 0.6) is 18.0 Å². The number of carbonyl (C=O) groups excluding carboxylic acids is 1. The van der Waals surface area contributed by atoms with Crippen molar-refractivity contribution in [3.05, 3.63) is 46.1 Å². The summed E-state index contributed by atoms with van der Waals surface area (Å²) in [6, 6.07) is 3.82. The number of rotatable bonds is 10. The number of carbonyl (C=O) groups is 1. The van der Waals surface area contributed by atoms with E-state index in [1.54, 1.807) is 23.1 Å². The molecule has 1 aliphatic rings. The molecule has 1 unspecified atom stereocenters. The first kappa shape index (κ1) is 22.2. The molecule has 3 rings (SSSR count). The molecule has 2 aromatic heterocycles. The molecular formula is C19H21BrN4O5S. The van der Waals surface area contributed by atoms with Gasteiger partial charge in [-0.15, -0.1) is 26.3 Å². The van der Waals surface area contributed by atoms with Crippen LogP contribution in [0, 0.1) is 0 Å². The van der Waals surface area contributed by atoms with E-state index in [2.05, 4.69) is 44.0 Å². The average Bonchev–Trinajstić information content (AvgIpc) is 3.20. The van der Waals surface area contributed by atoms with Crippen molar-refractivity contribution >= 4 is 33.2 Å². The van der Waals surface area contributed by atoms with Crippen molar-refractivity contribution in [3.63, 3.8) is 0 Å². The van der Waals surface area contributed by atoms with E-state index >= 15 is 0 Å². The highest BCUT2D eigenvalue weighted by molar-refractivity contribution is 9.11. The normalized spacial score (nSPS) is 16.0. The standard InChI is InChI=1S/C19H21BrN4O5S/c1-3-8-27-17-21-18(28-9-4-2)23-19(22-17)29-12-13-11-24(7-10-26-13)16(25)14-5-6-15(20)30-14/h3-6,13H,1-2,7-12H2. The van der Waals surface area contributed by atoms with Crippen LogP contribution in [0.2, 0.25) is 0 Å². The molecule has 0 spiro atoms. The molecule has 9 nitrogen and oxygen atoms in total. The summed E-state index contributed by atoms with van der Waals surface area (Å²) < 4.78 is 23.0. The summed E-state index contributed by atoms with van der Waals surface area (Å²) in [7, 11) is 0. The van der Waals surface area contributed by atoms with Crippen LogP contribution in [0.15, 0.2) is 41.2 Å². The Labute approximate surface area is 186 Å². The third-order valence-electron chi connectivity index (χ3n) is 3.84. The fraction of sp³-hybridized carbons (Fsp3) is 0.368. The summed E-state index contributed by atoms with van der Waals surface area (Å²) in [6.07, 6.45) is 2.82. The molecule has 3 heterocycles. The second-order valence-electron chi connectivity index (χ2n) is 6.04. The van der Waals surface area contributed by atoms with Gasteiger partial charge in [-0.2, -0.15) is 0 Å². The van der Waals surface area contributed by atoms with Gasteiger partial charge in [0.25, 0.3) is 5.91 Å². The first-order valence-corrected chi connectivity index (χ1v) is 10.7. The molecule has 2 aromatic rings. The molecule has 0 radical (unpaired) electrons. The quantitative estimate of drug-likeness (QED) is 0.463. The first-order chi connectivity index (χ1) is 14.6. The highest BCUT2D eigenvalue weighted by Gasteiger charge is 2.26. The minimum Gasteiger partial charge on any atom is -0.460 e. The van der Waals surface area contributed by atoms with Gasteiger partial charge in [0, 0.05) is 6.54 Å². The van der Waals surface area contributed by atoms with Crippen LogP contribution in [-0.2, 0) is 4.74 Å². The van der Waals surface area contributed by atoms with Crippen LogP contribution in [0.25, 0.3) is 0 Å². The number of morpholine rings is 1. The van der Waals surface area contributed by atoms with Gasteiger partial charge in [0.15, 0.2) is 0 Å². The zero-order valence-electron chi connectivity index (χ0n) is 16.2. The minimum absolute atomic E-state index is 0.0283. The molecule has 30 heavy (non-hydrogen) atoms. The van der Waals surface area contributed by atoms with Crippen molar-refractivity contribution in [2.24, 2.45) is 0 Å². The number of thiophene rings is 1. The predicted molar refractivity (Wildman–Crippen MR) is 114 cm³/mol. The average molecular weight is 497 g/mol. The lowest BCUT2D eigenvalue weighted by Gasteiger charge is -2.32. The monoisotopic (exact) mass is 496 g/mol. The first-order valence-electron chi connectivity index (χ1n) is 9.11. The fourth-order valence-corrected chi connectivity index (χ4v) is 3.89. The summed E-state index contributed by atoms with van der Waals surface area (Å²) in [5.74, 6) is -0.0283. The van der Waals surface area contributed by atoms with Crippen LogP contribution in [0.1, 0.15) is 9.67 Å². The molecule has 1 aliphatic heterocycles. The molecule has 160 valence electrons. The van der Waals surface area contributed by atoms with Crippen LogP contribution in [0.3, 0.4) is 0 Å². The van der Waals surface area contributed by atoms with E-state index in [0.717, 1.165) is 3.79 Å². The molecule has 1 atom stereocenters. The summed E-state index contributed by atoms with van der Waals surface area (Å²) in [5, 5.41) is 0. The summed E-state index contributed by atoms with van der Waals surface area (Å²) in [4.78, 5) is 27.3. The number of ether oxygens (including phenoxy) is 4. The summed E-state index contributed by atoms with van der Waals surface area (Å²) in [5.41, 5.74) is 0. The van der Waals surface area contributed by atoms with Gasteiger partial charge in [0.2, 0.25) is 0 Å². The molecule has 1 amide bonds. The van der Waals surface area contributed by atoms with Gasteiger partial charge in [0.05, 0.1) is 21.8 Å². The van der Waals surface area contributed by atoms with E-state index in [0.29, 0.717) is 24.6 Å². The molecule has 0 bridgehead atoms. The van der Waals surface area contributed by atoms with Crippen LogP contribution >= 0.6 is 27.3 Å². The predicted octanol–water partition coefficient (Wildman–Crippen LogP) is 2.75. The smallest absolute Gasteiger partial charge is 0.326 e. The maximum absolute atomic E-state index is 12.7. The second kappa shape index (κ2) is 11.0. The zero-order chi connectivity index (χ0) is 21.3. The number of amides is 1. The van der Waals surface area contributed by atoms with Gasteiger partial charge in [-0.25, -0.2) is 0 Å². The molecule has 1 fully saturated rings. The van der Waals surface area contributed by atoms with Crippen LogP contribution < -0.4 is 14.2 Å². The molecule has 1 saturated heterocycles. The zero-order valence-corrected chi connectivity index (χ0v) is 18.6. The Morgan fingerprint density at radius 3 is 2.37 bits per heavy atom.